The van der Waals surface area contributed by atoms with E-state index < -0.39 is 12.0 Å². The van der Waals surface area contributed by atoms with Crippen LogP contribution >= 0.6 is 0 Å². The van der Waals surface area contributed by atoms with E-state index in [0.29, 0.717) is 0 Å². The molecule has 0 bridgehead atoms. The molecule has 0 spiro atoms. The van der Waals surface area contributed by atoms with E-state index in [2.05, 4.69) is 0 Å². The van der Waals surface area contributed by atoms with Gasteiger partial charge in [-0.15, -0.1) is 0 Å². The summed E-state index contributed by atoms with van der Waals surface area (Å²) in [5, 5.41) is 8.23. The fourth-order valence-corrected chi connectivity index (χ4v) is 0.285. The molecule has 0 aromatic rings. The van der Waals surface area contributed by atoms with Gasteiger partial charge in [-0.05, 0) is 5.92 Å². The monoisotopic (exact) mass is 559 g/mol. The molecule has 0 aliphatic carbocycles. The van der Waals surface area contributed by atoms with Crippen LogP contribution in [0.25, 0.3) is 0 Å². The molecule has 0 saturated carbocycles. The second kappa shape index (κ2) is 29.3. The topological polar surface area (TPSA) is 206 Å². The van der Waals surface area contributed by atoms with Crippen LogP contribution in [0.15, 0.2) is 0 Å². The number of rotatable bonds is 2. The molecular weight excluding hydrogens is 548 g/mol. The van der Waals surface area contributed by atoms with Crippen molar-refractivity contribution in [2.45, 2.75) is 19.9 Å². The van der Waals surface area contributed by atoms with Gasteiger partial charge in [-0.1, -0.05) is 13.8 Å². The van der Waals surface area contributed by atoms with Gasteiger partial charge in [-0.3, -0.25) is 4.79 Å². The van der Waals surface area contributed by atoms with E-state index in [4.69, 9.17) is 10.8 Å². The van der Waals surface area contributed by atoms with Crippen LogP contribution in [0.1, 0.15) is 13.8 Å². The molecule has 15 heavy (non-hydrogen) atoms. The minimum atomic E-state index is -0.931. The Balaban J connectivity index is -0.0000000117. The first-order valence-corrected chi connectivity index (χ1v) is 2.54. The van der Waals surface area contributed by atoms with Crippen LogP contribution in [0.5, 0.6) is 0 Å². The molecule has 10 heteroatoms. The maximum absolute atomic E-state index is 10.0. The van der Waals surface area contributed by atoms with E-state index in [-0.39, 0.29) is 78.1 Å². The predicted octanol–water partition coefficient (Wildman–Crippen LogP) is -0.545. The van der Waals surface area contributed by atoms with E-state index >= 15 is 0 Å². The van der Waals surface area contributed by atoms with E-state index in [0.717, 1.165) is 0 Å². The fourth-order valence-electron chi connectivity index (χ4n) is 0.285. The van der Waals surface area contributed by atoms with Crippen molar-refractivity contribution in [3.63, 3.8) is 0 Å². The Morgan fingerprint density at radius 2 is 1.20 bits per heavy atom. The second-order valence-electron chi connectivity index (χ2n) is 2.11. The van der Waals surface area contributed by atoms with Gasteiger partial charge in [0.25, 0.3) is 0 Å². The molecule has 0 aromatic heterocycles. The van der Waals surface area contributed by atoms with Crippen molar-refractivity contribution in [1.29, 1.82) is 0 Å². The van der Waals surface area contributed by atoms with Crippen molar-refractivity contribution in [1.82, 2.24) is 0 Å². The van der Waals surface area contributed by atoms with Crippen LogP contribution in [0.3, 0.4) is 0 Å². The van der Waals surface area contributed by atoms with Crippen molar-refractivity contribution in [2.24, 2.45) is 11.7 Å². The third-order valence-electron chi connectivity index (χ3n) is 1.00. The Bertz CT molecular complexity index is 105. The van der Waals surface area contributed by atoms with Crippen molar-refractivity contribution in [3.05, 3.63) is 0 Å². The minimum Gasteiger partial charge on any atom is -2.00 e. The number of carbonyl (C=O) groups is 1. The molecule has 88 valence electrons. The number of carboxylic acid groups (broad SMARTS) is 1. The van der Waals surface area contributed by atoms with Crippen LogP contribution in [0.4, 0.5) is 0 Å². The van der Waals surface area contributed by atoms with Crippen LogP contribution in [0.2, 0.25) is 0 Å². The van der Waals surface area contributed by atoms with E-state index in [1.807, 2.05) is 0 Å². The molecule has 3 N–H and O–H groups in total. The molecular formula is C5H11NO7Ta2. The first-order chi connectivity index (χ1) is 3.55. The average Bonchev–Trinajstić information content (AvgIpc) is 1.64. The first-order valence-electron chi connectivity index (χ1n) is 2.54. The Morgan fingerprint density at radius 1 is 1.00 bits per heavy atom. The summed E-state index contributed by atoms with van der Waals surface area (Å²) >= 11 is 0. The summed E-state index contributed by atoms with van der Waals surface area (Å²) in [6, 6.07) is -0.713. The van der Waals surface area contributed by atoms with Crippen LogP contribution in [0, 0.1) is 5.92 Å². The summed E-state index contributed by atoms with van der Waals surface area (Å²) in [6.45, 7) is 3.55. The molecule has 0 fully saturated rings. The SMILES string of the molecule is CC(C)[C@H](N)C(=O)O.[O-2].[O-2].[O-2].[O-2].[O-2].[Ta+5].[Ta+5]. The Morgan fingerprint density at radius 3 is 1.20 bits per heavy atom. The van der Waals surface area contributed by atoms with Gasteiger partial charge in [0.15, 0.2) is 0 Å². The molecule has 0 radical (unpaired) electrons. The zero-order valence-corrected chi connectivity index (χ0v) is 14.4. The van der Waals surface area contributed by atoms with Gasteiger partial charge in [0.05, 0.1) is 0 Å². The van der Waals surface area contributed by atoms with Crippen LogP contribution < -0.4 is 5.73 Å². The molecule has 1 atom stereocenters. The molecule has 0 aliphatic rings. The number of nitrogens with two attached hydrogens (primary N) is 1. The summed E-state index contributed by atoms with van der Waals surface area (Å²) in [5.74, 6) is -0.910. The second-order valence-corrected chi connectivity index (χ2v) is 2.11. The molecule has 0 amide bonds. The van der Waals surface area contributed by atoms with Crippen molar-refractivity contribution in [2.75, 3.05) is 0 Å². The van der Waals surface area contributed by atoms with Crippen molar-refractivity contribution < 1.29 is 82.0 Å². The summed E-state index contributed by atoms with van der Waals surface area (Å²) in [4.78, 5) is 10.0. The predicted molar refractivity (Wildman–Crippen MR) is 33.9 cm³/mol. The van der Waals surface area contributed by atoms with Crippen LogP contribution in [-0.2, 0) is 76.9 Å². The third-order valence-corrected chi connectivity index (χ3v) is 1.00. The molecule has 0 saturated heterocycles. The zero-order chi connectivity index (χ0) is 6.73. The quantitative estimate of drug-likeness (QED) is 0.458. The van der Waals surface area contributed by atoms with Gasteiger partial charge in [-0.25, -0.2) is 0 Å². The summed E-state index contributed by atoms with van der Waals surface area (Å²) < 4.78 is 0. The molecule has 0 rings (SSSR count). The Labute approximate surface area is 119 Å². The van der Waals surface area contributed by atoms with Gasteiger partial charge in [-0.2, -0.15) is 0 Å². The van der Waals surface area contributed by atoms with Gasteiger partial charge < -0.3 is 38.2 Å². The molecule has 8 nitrogen and oxygen atoms in total. The molecule has 0 aliphatic heterocycles. The van der Waals surface area contributed by atoms with Gasteiger partial charge in [0.1, 0.15) is 6.04 Å². The summed E-state index contributed by atoms with van der Waals surface area (Å²) in [7, 11) is 0. The smallest absolute Gasteiger partial charge is 2.00 e. The fraction of sp³-hybridized carbons (Fsp3) is 0.800. The van der Waals surface area contributed by atoms with E-state index in [9.17, 15) is 4.79 Å². The Kier molecular flexibility index (Phi) is 112. The number of aliphatic carboxylic acids is 1. The average molecular weight is 559 g/mol. The Hall–Kier alpha value is 0.711. The number of carboxylic acids is 1. The largest absolute Gasteiger partial charge is 5.00 e. The molecule has 0 unspecified atom stereocenters. The maximum Gasteiger partial charge on any atom is 5.00 e. The minimum absolute atomic E-state index is 0. The first kappa shape index (κ1) is 57.2. The number of hydrogen-bond acceptors (Lipinski definition) is 2. The molecule has 0 heterocycles. The van der Waals surface area contributed by atoms with E-state index in [1.54, 1.807) is 13.8 Å². The van der Waals surface area contributed by atoms with Crippen molar-refractivity contribution >= 4 is 5.97 Å². The van der Waals surface area contributed by atoms with Gasteiger partial charge >= 0.3 is 50.7 Å². The normalized spacial score (nSPS) is 7.47. The summed E-state index contributed by atoms with van der Waals surface area (Å²) in [5.41, 5.74) is 5.16. The van der Waals surface area contributed by atoms with Crippen molar-refractivity contribution in [3.8, 4) is 0 Å². The summed E-state index contributed by atoms with van der Waals surface area (Å²) in [6.07, 6.45) is 0. The van der Waals surface area contributed by atoms with E-state index in [1.165, 1.54) is 0 Å². The van der Waals surface area contributed by atoms with Gasteiger partial charge in [0.2, 0.25) is 0 Å². The van der Waals surface area contributed by atoms with Crippen LogP contribution in [-0.4, -0.2) is 17.1 Å². The standard InChI is InChI=1S/C5H11NO2.5O.2Ta/c1-3(2)4(6)5(7)8;;;;;;;/h3-4H,6H2,1-2H3,(H,7,8);;;;;;;/q;5*-2;2*+5/t4-;;;;;;;/m0......./s1. The number of hydrogen-bond donors (Lipinski definition) is 2. The zero-order valence-electron chi connectivity index (χ0n) is 8.02. The maximum atomic E-state index is 10.0. The van der Waals surface area contributed by atoms with Gasteiger partial charge in [0, 0.05) is 0 Å². The third kappa shape index (κ3) is 31.3. The molecule has 0 aromatic carbocycles.